The van der Waals surface area contributed by atoms with Gasteiger partial charge < -0.3 is 14.6 Å². The Hall–Kier alpha value is -2.61. The van der Waals surface area contributed by atoms with Gasteiger partial charge in [-0.2, -0.15) is 0 Å². The van der Waals surface area contributed by atoms with E-state index in [2.05, 4.69) is 10.1 Å². The molecule has 22 heavy (non-hydrogen) atoms. The molecular weight excluding hydrogens is 304 g/mol. The molecule has 8 heteroatoms. The third-order valence-electron chi connectivity index (χ3n) is 3.13. The standard InChI is InChI=1S/C14H12N4O3S/c1-22-12-4-2-10(3-5-12)13-8-11(21-16-13)9-17-7-6-15-14(17)18(19)20/h2-8H,9H2,1H3. The minimum atomic E-state index is -0.529. The normalized spacial score (nSPS) is 10.8. The predicted octanol–water partition coefficient (Wildman–Crippen LogP) is 3.22. The van der Waals surface area contributed by atoms with Crippen molar-refractivity contribution < 1.29 is 9.45 Å². The molecule has 3 aromatic rings. The number of nitro groups is 1. The zero-order valence-electron chi connectivity index (χ0n) is 11.7. The molecule has 0 aliphatic rings. The largest absolute Gasteiger partial charge is 0.434 e. The van der Waals surface area contributed by atoms with Crippen LogP contribution in [0.25, 0.3) is 11.3 Å². The first kappa shape index (κ1) is 14.3. The Labute approximate surface area is 130 Å². The lowest BCUT2D eigenvalue weighted by Crippen LogP contribution is -2.03. The number of nitrogens with zero attached hydrogens (tertiary/aromatic N) is 4. The van der Waals surface area contributed by atoms with E-state index in [1.165, 1.54) is 21.9 Å². The fourth-order valence-corrected chi connectivity index (χ4v) is 2.46. The van der Waals surface area contributed by atoms with Crippen molar-refractivity contribution in [3.8, 4) is 11.3 Å². The Morgan fingerprint density at radius 3 is 2.82 bits per heavy atom. The van der Waals surface area contributed by atoms with Crippen molar-refractivity contribution in [2.45, 2.75) is 11.4 Å². The summed E-state index contributed by atoms with van der Waals surface area (Å²) in [6.07, 6.45) is 4.94. The lowest BCUT2D eigenvalue weighted by atomic mass is 10.1. The van der Waals surface area contributed by atoms with Crippen molar-refractivity contribution in [3.05, 3.63) is 58.6 Å². The summed E-state index contributed by atoms with van der Waals surface area (Å²) in [5.74, 6) is 0.312. The van der Waals surface area contributed by atoms with Gasteiger partial charge in [0.1, 0.15) is 24.6 Å². The summed E-state index contributed by atoms with van der Waals surface area (Å²) < 4.78 is 6.66. The fraction of sp³-hybridized carbons (Fsp3) is 0.143. The van der Waals surface area contributed by atoms with Crippen LogP contribution in [-0.2, 0) is 6.54 Å². The second-order valence-corrected chi connectivity index (χ2v) is 5.40. The van der Waals surface area contributed by atoms with E-state index in [-0.39, 0.29) is 12.5 Å². The summed E-state index contributed by atoms with van der Waals surface area (Å²) in [5, 5.41) is 14.8. The highest BCUT2D eigenvalue weighted by molar-refractivity contribution is 7.98. The van der Waals surface area contributed by atoms with Crippen LogP contribution in [0.3, 0.4) is 0 Å². The molecule has 0 aliphatic heterocycles. The van der Waals surface area contributed by atoms with Gasteiger partial charge in [0.05, 0.1) is 0 Å². The number of benzene rings is 1. The van der Waals surface area contributed by atoms with E-state index >= 15 is 0 Å². The van der Waals surface area contributed by atoms with E-state index in [4.69, 9.17) is 4.52 Å². The number of hydrogen-bond acceptors (Lipinski definition) is 6. The summed E-state index contributed by atoms with van der Waals surface area (Å²) in [7, 11) is 0. The van der Waals surface area contributed by atoms with E-state index < -0.39 is 4.92 Å². The summed E-state index contributed by atoms with van der Waals surface area (Å²) in [6.45, 7) is 0.214. The zero-order valence-corrected chi connectivity index (χ0v) is 12.5. The number of hydrogen-bond donors (Lipinski definition) is 0. The minimum absolute atomic E-state index is 0.214. The van der Waals surface area contributed by atoms with Crippen molar-refractivity contribution in [3.63, 3.8) is 0 Å². The van der Waals surface area contributed by atoms with Gasteiger partial charge in [0.25, 0.3) is 0 Å². The van der Waals surface area contributed by atoms with Gasteiger partial charge in [-0.3, -0.25) is 0 Å². The smallest absolute Gasteiger partial charge is 0.390 e. The molecule has 3 rings (SSSR count). The Morgan fingerprint density at radius 1 is 1.36 bits per heavy atom. The Bertz CT molecular complexity index is 795. The maximum absolute atomic E-state index is 10.8. The topological polar surface area (TPSA) is 87.0 Å². The molecule has 112 valence electrons. The molecule has 0 radical (unpaired) electrons. The first-order valence-corrected chi connectivity index (χ1v) is 7.65. The molecule has 0 N–H and O–H groups in total. The maximum Gasteiger partial charge on any atom is 0.434 e. The van der Waals surface area contributed by atoms with Crippen molar-refractivity contribution in [2.24, 2.45) is 0 Å². The summed E-state index contributed by atoms with van der Waals surface area (Å²) in [4.78, 5) is 15.2. The molecule has 0 bridgehead atoms. The van der Waals surface area contributed by atoms with Crippen LogP contribution < -0.4 is 0 Å². The van der Waals surface area contributed by atoms with Crippen LogP contribution in [0.5, 0.6) is 0 Å². The molecule has 0 spiro atoms. The Kier molecular flexibility index (Phi) is 3.92. The highest BCUT2D eigenvalue weighted by Crippen LogP contribution is 2.23. The zero-order chi connectivity index (χ0) is 15.5. The van der Waals surface area contributed by atoms with Crippen LogP contribution >= 0.6 is 11.8 Å². The molecule has 0 amide bonds. The number of imidazole rings is 1. The third kappa shape index (κ3) is 2.86. The second-order valence-electron chi connectivity index (χ2n) is 4.52. The molecule has 1 aromatic carbocycles. The van der Waals surface area contributed by atoms with Gasteiger partial charge in [0.2, 0.25) is 0 Å². The van der Waals surface area contributed by atoms with Crippen LogP contribution in [0, 0.1) is 10.1 Å². The van der Waals surface area contributed by atoms with Gasteiger partial charge in [0.15, 0.2) is 5.76 Å². The number of thioether (sulfide) groups is 1. The molecule has 7 nitrogen and oxygen atoms in total. The summed E-state index contributed by atoms with van der Waals surface area (Å²) in [6, 6.07) is 9.72. The molecule has 0 unspecified atom stereocenters. The van der Waals surface area contributed by atoms with Gasteiger partial charge in [-0.15, -0.1) is 11.8 Å². The van der Waals surface area contributed by atoms with Crippen molar-refractivity contribution >= 4 is 17.7 Å². The van der Waals surface area contributed by atoms with E-state index in [9.17, 15) is 10.1 Å². The van der Waals surface area contributed by atoms with Crippen molar-refractivity contribution in [2.75, 3.05) is 6.26 Å². The van der Waals surface area contributed by atoms with Crippen LogP contribution in [-0.4, -0.2) is 25.9 Å². The highest BCUT2D eigenvalue weighted by Gasteiger charge is 2.16. The lowest BCUT2D eigenvalue weighted by molar-refractivity contribution is -0.396. The molecule has 0 atom stereocenters. The quantitative estimate of drug-likeness (QED) is 0.408. The molecular formula is C14H12N4O3S. The molecule has 0 saturated carbocycles. The van der Waals surface area contributed by atoms with Gasteiger partial charge >= 0.3 is 5.95 Å². The van der Waals surface area contributed by atoms with Crippen LogP contribution in [0.2, 0.25) is 0 Å². The summed E-state index contributed by atoms with van der Waals surface area (Å²) in [5.41, 5.74) is 1.64. The second kappa shape index (κ2) is 6.02. The molecule has 2 heterocycles. The first-order chi connectivity index (χ1) is 10.7. The molecule has 2 aromatic heterocycles. The Balaban J connectivity index is 1.81. The Morgan fingerprint density at radius 2 is 2.14 bits per heavy atom. The number of rotatable bonds is 5. The van der Waals surface area contributed by atoms with Crippen LogP contribution in [0.15, 0.2) is 52.1 Å². The summed E-state index contributed by atoms with van der Waals surface area (Å²) >= 11 is 1.67. The van der Waals surface area contributed by atoms with Crippen LogP contribution in [0.1, 0.15) is 5.76 Å². The van der Waals surface area contributed by atoms with Gasteiger partial charge in [-0.25, -0.2) is 4.57 Å². The van der Waals surface area contributed by atoms with E-state index in [0.29, 0.717) is 11.5 Å². The third-order valence-corrected chi connectivity index (χ3v) is 3.87. The predicted molar refractivity (Wildman–Crippen MR) is 81.7 cm³/mol. The average Bonchev–Trinajstić information content (AvgIpc) is 3.17. The molecule has 0 aliphatic carbocycles. The van der Waals surface area contributed by atoms with E-state index in [1.54, 1.807) is 17.8 Å². The number of aromatic nitrogens is 3. The van der Waals surface area contributed by atoms with E-state index in [1.807, 2.05) is 30.5 Å². The monoisotopic (exact) mass is 316 g/mol. The van der Waals surface area contributed by atoms with Gasteiger partial charge in [-0.05, 0) is 23.3 Å². The first-order valence-electron chi connectivity index (χ1n) is 6.43. The minimum Gasteiger partial charge on any atom is -0.390 e. The van der Waals surface area contributed by atoms with Gasteiger partial charge in [-0.1, -0.05) is 22.3 Å². The fourth-order valence-electron chi connectivity index (χ4n) is 2.05. The molecule has 0 fully saturated rings. The van der Waals surface area contributed by atoms with E-state index in [0.717, 1.165) is 5.56 Å². The lowest BCUT2D eigenvalue weighted by Gasteiger charge is -1.98. The van der Waals surface area contributed by atoms with Crippen molar-refractivity contribution in [1.82, 2.24) is 14.7 Å². The van der Waals surface area contributed by atoms with Gasteiger partial charge in [0, 0.05) is 16.5 Å². The highest BCUT2D eigenvalue weighted by atomic mass is 32.2. The van der Waals surface area contributed by atoms with Crippen molar-refractivity contribution in [1.29, 1.82) is 0 Å². The molecule has 0 saturated heterocycles. The maximum atomic E-state index is 10.8. The SMILES string of the molecule is CSc1ccc(-c2cc(Cn3ccnc3[N+](=O)[O-])on2)cc1. The van der Waals surface area contributed by atoms with Crippen LogP contribution in [0.4, 0.5) is 5.95 Å². The average molecular weight is 316 g/mol.